The smallest absolute Gasteiger partial charge is 0.234 e. The number of carbonyl (C=O) groups excluding carboxylic acids is 3. The molecule has 0 bridgehead atoms. The first-order chi connectivity index (χ1) is 15.4. The minimum atomic E-state index is -0.294. The van der Waals surface area contributed by atoms with Gasteiger partial charge in [0.05, 0.1) is 17.0 Å². The molecule has 0 aliphatic carbocycles. The van der Waals surface area contributed by atoms with Crippen LogP contribution in [0.15, 0.2) is 65.7 Å². The molecule has 0 aliphatic heterocycles. The first kappa shape index (κ1) is 22.7. The van der Waals surface area contributed by atoms with Crippen LogP contribution in [0.25, 0.3) is 11.3 Å². The molecule has 160 valence electrons. The second-order valence-electron chi connectivity index (χ2n) is 6.87. The van der Waals surface area contributed by atoms with Crippen LogP contribution in [0.3, 0.4) is 0 Å². The van der Waals surface area contributed by atoms with Crippen molar-refractivity contribution in [2.24, 2.45) is 0 Å². The van der Waals surface area contributed by atoms with Gasteiger partial charge in [0.15, 0.2) is 5.78 Å². The second kappa shape index (κ2) is 10.4. The lowest BCUT2D eigenvalue weighted by Crippen LogP contribution is -2.15. The van der Waals surface area contributed by atoms with Gasteiger partial charge in [0.1, 0.15) is 11.1 Å². The number of amides is 2. The molecule has 8 heteroatoms. The van der Waals surface area contributed by atoms with Crippen LogP contribution in [0.1, 0.15) is 29.8 Å². The van der Waals surface area contributed by atoms with Crippen LogP contribution in [0, 0.1) is 11.3 Å². The number of pyridine rings is 1. The molecular formula is C24H20N4O3S. The number of thioether (sulfide) groups is 1. The number of rotatable bonds is 7. The Balaban J connectivity index is 1.80. The maximum atomic E-state index is 12.5. The summed E-state index contributed by atoms with van der Waals surface area (Å²) in [6, 6.07) is 19.6. The second-order valence-corrected chi connectivity index (χ2v) is 7.83. The van der Waals surface area contributed by atoms with Crippen LogP contribution in [0.5, 0.6) is 0 Å². The number of benzene rings is 2. The minimum absolute atomic E-state index is 0.0136. The number of Topliss-reactive ketones (excluding diaryl/α,β-unsaturated/α-hetero) is 1. The fourth-order valence-corrected chi connectivity index (χ4v) is 3.74. The largest absolute Gasteiger partial charge is 0.326 e. The number of aromatic nitrogens is 1. The van der Waals surface area contributed by atoms with E-state index >= 15 is 0 Å². The van der Waals surface area contributed by atoms with Gasteiger partial charge >= 0.3 is 0 Å². The highest BCUT2D eigenvalue weighted by atomic mass is 32.2. The Bertz CT molecular complexity index is 1220. The topological polar surface area (TPSA) is 112 Å². The van der Waals surface area contributed by atoms with Crippen LogP contribution < -0.4 is 10.6 Å². The Labute approximate surface area is 189 Å². The van der Waals surface area contributed by atoms with Crippen LogP contribution in [-0.4, -0.2) is 28.3 Å². The molecule has 0 radical (unpaired) electrons. The molecule has 3 rings (SSSR count). The van der Waals surface area contributed by atoms with Gasteiger partial charge in [0, 0.05) is 29.4 Å². The van der Waals surface area contributed by atoms with Gasteiger partial charge in [0.25, 0.3) is 0 Å². The number of hydrogen-bond donors (Lipinski definition) is 2. The maximum absolute atomic E-state index is 12.5. The molecule has 2 N–H and O–H groups in total. The Morgan fingerprint density at radius 3 is 2.28 bits per heavy atom. The lowest BCUT2D eigenvalue weighted by atomic mass is 10.0. The highest BCUT2D eigenvalue weighted by molar-refractivity contribution is 8.00. The van der Waals surface area contributed by atoms with Crippen molar-refractivity contribution in [2.75, 3.05) is 16.4 Å². The summed E-state index contributed by atoms with van der Waals surface area (Å²) in [5.74, 6) is -0.680. The van der Waals surface area contributed by atoms with Gasteiger partial charge in [-0.25, -0.2) is 4.98 Å². The SMILES string of the molecule is CC(=O)Nc1cccc(NC(=O)CSc2nc(-c3ccccc3)c(C(C)=O)cc2C#N)c1. The monoisotopic (exact) mass is 444 g/mol. The summed E-state index contributed by atoms with van der Waals surface area (Å²) in [6.45, 7) is 2.84. The third-order valence-corrected chi connectivity index (χ3v) is 5.33. The van der Waals surface area contributed by atoms with Crippen LogP contribution >= 0.6 is 11.8 Å². The zero-order chi connectivity index (χ0) is 23.1. The first-order valence-corrected chi connectivity index (χ1v) is 10.7. The van der Waals surface area contributed by atoms with Crippen molar-refractivity contribution in [3.05, 3.63) is 71.8 Å². The highest BCUT2D eigenvalue weighted by Gasteiger charge is 2.17. The van der Waals surface area contributed by atoms with Crippen molar-refractivity contribution < 1.29 is 14.4 Å². The van der Waals surface area contributed by atoms with Crippen LogP contribution in [0.2, 0.25) is 0 Å². The standard InChI is InChI=1S/C24H20N4O3S/c1-15(29)21-11-18(13-25)24(28-23(21)17-7-4-3-5-8-17)32-14-22(31)27-20-10-6-9-19(12-20)26-16(2)30/h3-12H,14H2,1-2H3,(H,26,30)(H,27,31). The summed E-state index contributed by atoms with van der Waals surface area (Å²) in [4.78, 5) is 40.4. The zero-order valence-electron chi connectivity index (χ0n) is 17.5. The minimum Gasteiger partial charge on any atom is -0.326 e. The van der Waals surface area contributed by atoms with Crippen molar-refractivity contribution >= 4 is 40.7 Å². The van der Waals surface area contributed by atoms with Crippen molar-refractivity contribution in [2.45, 2.75) is 18.9 Å². The van der Waals surface area contributed by atoms with E-state index in [2.05, 4.69) is 21.7 Å². The number of ketones is 1. The Hall–Kier alpha value is -3.96. The molecule has 3 aromatic rings. The van der Waals surface area contributed by atoms with Gasteiger partial charge in [-0.1, -0.05) is 48.2 Å². The average Bonchev–Trinajstić information content (AvgIpc) is 2.77. The molecule has 1 aromatic heterocycles. The molecule has 2 amide bonds. The van der Waals surface area contributed by atoms with E-state index in [0.717, 1.165) is 17.3 Å². The van der Waals surface area contributed by atoms with E-state index in [1.54, 1.807) is 24.3 Å². The fraction of sp³-hybridized carbons (Fsp3) is 0.125. The maximum Gasteiger partial charge on any atom is 0.234 e. The number of nitriles is 1. The highest BCUT2D eigenvalue weighted by Crippen LogP contribution is 2.29. The van der Waals surface area contributed by atoms with Gasteiger partial charge in [-0.15, -0.1) is 0 Å². The Morgan fingerprint density at radius 2 is 1.66 bits per heavy atom. The molecule has 0 atom stereocenters. The van der Waals surface area contributed by atoms with E-state index in [0.29, 0.717) is 27.7 Å². The zero-order valence-corrected chi connectivity index (χ0v) is 18.3. The third kappa shape index (κ3) is 5.80. The number of nitrogens with one attached hydrogen (secondary N) is 2. The van der Waals surface area contributed by atoms with E-state index in [9.17, 15) is 19.6 Å². The van der Waals surface area contributed by atoms with Gasteiger partial charge in [-0.05, 0) is 31.2 Å². The van der Waals surface area contributed by atoms with E-state index < -0.39 is 0 Å². The molecule has 0 fully saturated rings. The molecule has 32 heavy (non-hydrogen) atoms. The molecule has 0 unspecified atom stereocenters. The lowest BCUT2D eigenvalue weighted by molar-refractivity contribution is -0.114. The molecule has 2 aromatic carbocycles. The summed E-state index contributed by atoms with van der Waals surface area (Å²) in [7, 11) is 0. The summed E-state index contributed by atoms with van der Waals surface area (Å²) >= 11 is 1.12. The average molecular weight is 445 g/mol. The predicted molar refractivity (Wildman–Crippen MR) is 124 cm³/mol. The Morgan fingerprint density at radius 1 is 0.969 bits per heavy atom. The quantitative estimate of drug-likeness (QED) is 0.410. The summed E-state index contributed by atoms with van der Waals surface area (Å²) in [6.07, 6.45) is 0. The number of anilines is 2. The molecule has 0 spiro atoms. The summed E-state index contributed by atoms with van der Waals surface area (Å²) in [5.41, 5.74) is 2.93. The van der Waals surface area contributed by atoms with E-state index in [1.807, 2.05) is 30.3 Å². The normalized spacial score (nSPS) is 10.2. The van der Waals surface area contributed by atoms with Crippen LogP contribution in [0.4, 0.5) is 11.4 Å². The first-order valence-electron chi connectivity index (χ1n) is 9.69. The predicted octanol–water partition coefficient (Wildman–Crippen LogP) is 4.51. The molecule has 0 aliphatic rings. The van der Waals surface area contributed by atoms with Gasteiger partial charge < -0.3 is 10.6 Å². The number of nitrogens with zero attached hydrogens (tertiary/aromatic N) is 2. The van der Waals surface area contributed by atoms with E-state index in [1.165, 1.54) is 19.9 Å². The van der Waals surface area contributed by atoms with Gasteiger partial charge in [0.2, 0.25) is 11.8 Å². The molecule has 7 nitrogen and oxygen atoms in total. The molecule has 0 saturated heterocycles. The molecular weight excluding hydrogens is 424 g/mol. The fourth-order valence-electron chi connectivity index (χ4n) is 2.98. The van der Waals surface area contributed by atoms with Crippen LogP contribution in [-0.2, 0) is 9.59 Å². The van der Waals surface area contributed by atoms with Crippen molar-refractivity contribution in [3.63, 3.8) is 0 Å². The number of carbonyl (C=O) groups is 3. The van der Waals surface area contributed by atoms with E-state index in [4.69, 9.17) is 0 Å². The summed E-state index contributed by atoms with van der Waals surface area (Å²) < 4.78 is 0. The molecule has 1 heterocycles. The Kier molecular flexibility index (Phi) is 7.37. The van der Waals surface area contributed by atoms with Gasteiger partial charge in [-0.2, -0.15) is 5.26 Å². The van der Waals surface area contributed by atoms with E-state index in [-0.39, 0.29) is 28.9 Å². The van der Waals surface area contributed by atoms with Crippen molar-refractivity contribution in [1.29, 1.82) is 5.26 Å². The molecule has 0 saturated carbocycles. The number of hydrogen-bond acceptors (Lipinski definition) is 6. The third-order valence-electron chi connectivity index (χ3n) is 4.34. The summed E-state index contributed by atoms with van der Waals surface area (Å²) in [5, 5.41) is 15.3. The lowest BCUT2D eigenvalue weighted by Gasteiger charge is -2.11. The van der Waals surface area contributed by atoms with Crippen molar-refractivity contribution in [3.8, 4) is 17.3 Å². The van der Waals surface area contributed by atoms with Crippen molar-refractivity contribution in [1.82, 2.24) is 4.98 Å². The van der Waals surface area contributed by atoms with Gasteiger partial charge in [-0.3, -0.25) is 14.4 Å².